The number of rotatable bonds is 6. The molecule has 0 aliphatic heterocycles. The molecular formula is C27H23N3OS. The predicted molar refractivity (Wildman–Crippen MR) is 133 cm³/mol. The van der Waals surface area contributed by atoms with E-state index in [1.54, 1.807) is 17.7 Å². The van der Waals surface area contributed by atoms with E-state index >= 15 is 0 Å². The number of nitrogens with zero attached hydrogens (tertiary/aromatic N) is 2. The van der Waals surface area contributed by atoms with Gasteiger partial charge in [-0.15, -0.1) is 11.3 Å². The van der Waals surface area contributed by atoms with E-state index in [0.717, 1.165) is 33.0 Å². The second kappa shape index (κ2) is 8.81. The molecule has 1 N–H and O–H groups in total. The van der Waals surface area contributed by atoms with Gasteiger partial charge in [-0.05, 0) is 49.2 Å². The molecule has 0 fully saturated rings. The highest BCUT2D eigenvalue weighted by molar-refractivity contribution is 7.19. The number of aryl methyl sites for hydroxylation is 2. The van der Waals surface area contributed by atoms with Gasteiger partial charge in [0.1, 0.15) is 29.3 Å². The van der Waals surface area contributed by atoms with E-state index in [1.807, 2.05) is 42.5 Å². The van der Waals surface area contributed by atoms with Gasteiger partial charge in [0, 0.05) is 16.1 Å². The molecule has 0 radical (unpaired) electrons. The van der Waals surface area contributed by atoms with Crippen LogP contribution in [0.3, 0.4) is 0 Å². The van der Waals surface area contributed by atoms with Gasteiger partial charge in [0.15, 0.2) is 0 Å². The van der Waals surface area contributed by atoms with Crippen LogP contribution in [-0.2, 0) is 6.61 Å². The lowest BCUT2D eigenvalue weighted by atomic mass is 10.0. The van der Waals surface area contributed by atoms with Gasteiger partial charge in [-0.1, -0.05) is 60.2 Å². The standard InChI is InChI=1S/C27H23N3OS/c1-18-8-10-21(11-9-18)24-19(2)32-27-25(24)26(28-17-29-27)30-22-12-14-23(15-13-22)31-16-20-6-4-3-5-7-20/h3-15,17H,16H2,1-2H3,(H,28,29,30). The molecule has 0 bridgehead atoms. The number of aromatic nitrogens is 2. The largest absolute Gasteiger partial charge is 0.489 e. The molecule has 4 nitrogen and oxygen atoms in total. The Morgan fingerprint density at radius 3 is 2.34 bits per heavy atom. The van der Waals surface area contributed by atoms with Gasteiger partial charge in [-0.25, -0.2) is 9.97 Å². The minimum Gasteiger partial charge on any atom is -0.489 e. The highest BCUT2D eigenvalue weighted by atomic mass is 32.1. The molecule has 0 aliphatic rings. The molecule has 0 saturated heterocycles. The van der Waals surface area contributed by atoms with Crippen LogP contribution in [0.4, 0.5) is 11.5 Å². The number of thiophene rings is 1. The lowest BCUT2D eigenvalue weighted by molar-refractivity contribution is 0.306. The number of ether oxygens (including phenoxy) is 1. The molecular weight excluding hydrogens is 414 g/mol. The number of nitrogens with one attached hydrogen (secondary N) is 1. The van der Waals surface area contributed by atoms with Gasteiger partial charge in [0.05, 0.1) is 5.39 Å². The Morgan fingerprint density at radius 1 is 0.844 bits per heavy atom. The number of fused-ring (bicyclic) bond motifs is 1. The van der Waals surface area contributed by atoms with Crippen molar-refractivity contribution in [1.29, 1.82) is 0 Å². The van der Waals surface area contributed by atoms with Crippen molar-refractivity contribution in [3.63, 3.8) is 0 Å². The Morgan fingerprint density at radius 2 is 1.59 bits per heavy atom. The van der Waals surface area contributed by atoms with Crippen molar-refractivity contribution in [2.75, 3.05) is 5.32 Å². The molecule has 0 spiro atoms. The Kier molecular flexibility index (Phi) is 5.57. The second-order valence-corrected chi connectivity index (χ2v) is 8.93. The Labute approximate surface area is 191 Å². The molecule has 5 rings (SSSR count). The van der Waals surface area contributed by atoms with Crippen LogP contribution in [0.2, 0.25) is 0 Å². The molecule has 3 aromatic carbocycles. The van der Waals surface area contributed by atoms with Crippen molar-refractivity contribution in [2.24, 2.45) is 0 Å². The van der Waals surface area contributed by atoms with Crippen molar-refractivity contribution in [1.82, 2.24) is 9.97 Å². The van der Waals surface area contributed by atoms with Crippen molar-refractivity contribution >= 4 is 33.1 Å². The van der Waals surface area contributed by atoms with E-state index in [-0.39, 0.29) is 0 Å². The third-order valence-electron chi connectivity index (χ3n) is 5.37. The fourth-order valence-electron chi connectivity index (χ4n) is 3.72. The summed E-state index contributed by atoms with van der Waals surface area (Å²) in [5.41, 5.74) is 5.72. The predicted octanol–water partition coefficient (Wildman–Crippen LogP) is 7.30. The van der Waals surface area contributed by atoms with Gasteiger partial charge < -0.3 is 10.1 Å². The maximum atomic E-state index is 5.91. The number of hydrogen-bond donors (Lipinski definition) is 1. The first-order chi connectivity index (χ1) is 15.7. The molecule has 0 amide bonds. The highest BCUT2D eigenvalue weighted by Crippen LogP contribution is 2.41. The number of anilines is 2. The molecule has 5 heteroatoms. The van der Waals surface area contributed by atoms with Crippen molar-refractivity contribution in [3.8, 4) is 16.9 Å². The molecule has 2 heterocycles. The average molecular weight is 438 g/mol. The van der Waals surface area contributed by atoms with E-state index in [4.69, 9.17) is 4.74 Å². The molecule has 158 valence electrons. The van der Waals surface area contributed by atoms with Gasteiger partial charge in [-0.3, -0.25) is 0 Å². The molecule has 2 aromatic heterocycles. The third kappa shape index (κ3) is 4.20. The van der Waals surface area contributed by atoms with Crippen LogP contribution in [0.15, 0.2) is 85.2 Å². The summed E-state index contributed by atoms with van der Waals surface area (Å²) in [6, 6.07) is 26.8. The molecule has 0 saturated carbocycles. The van der Waals surface area contributed by atoms with Gasteiger partial charge in [0.25, 0.3) is 0 Å². The SMILES string of the molecule is Cc1ccc(-c2c(C)sc3ncnc(Nc4ccc(OCc5ccccc5)cc4)c23)cc1. The second-order valence-electron chi connectivity index (χ2n) is 7.73. The van der Waals surface area contributed by atoms with Crippen LogP contribution < -0.4 is 10.1 Å². The first-order valence-electron chi connectivity index (χ1n) is 10.5. The lowest BCUT2D eigenvalue weighted by Crippen LogP contribution is -1.97. The van der Waals surface area contributed by atoms with Crippen LogP contribution in [0.1, 0.15) is 16.0 Å². The monoisotopic (exact) mass is 437 g/mol. The first kappa shape index (κ1) is 20.2. The Bertz CT molecular complexity index is 1340. The van der Waals surface area contributed by atoms with E-state index < -0.39 is 0 Å². The molecule has 0 atom stereocenters. The van der Waals surface area contributed by atoms with Gasteiger partial charge in [0.2, 0.25) is 0 Å². The zero-order valence-corrected chi connectivity index (χ0v) is 18.8. The molecule has 5 aromatic rings. The Hall–Kier alpha value is -3.70. The third-order valence-corrected chi connectivity index (χ3v) is 6.38. The summed E-state index contributed by atoms with van der Waals surface area (Å²) in [5, 5.41) is 4.54. The van der Waals surface area contributed by atoms with E-state index in [2.05, 4.69) is 65.5 Å². The number of hydrogen-bond acceptors (Lipinski definition) is 5. The van der Waals surface area contributed by atoms with Crippen molar-refractivity contribution < 1.29 is 4.74 Å². The topological polar surface area (TPSA) is 47.0 Å². The summed E-state index contributed by atoms with van der Waals surface area (Å²) in [4.78, 5) is 11.3. The van der Waals surface area contributed by atoms with Crippen LogP contribution in [0.5, 0.6) is 5.75 Å². The minimum absolute atomic E-state index is 0.550. The molecule has 0 aliphatic carbocycles. The van der Waals surface area contributed by atoms with Crippen LogP contribution in [0, 0.1) is 13.8 Å². The van der Waals surface area contributed by atoms with Crippen LogP contribution in [0.25, 0.3) is 21.3 Å². The van der Waals surface area contributed by atoms with Gasteiger partial charge in [-0.2, -0.15) is 0 Å². The Balaban J connectivity index is 1.41. The summed E-state index contributed by atoms with van der Waals surface area (Å²) in [5.74, 6) is 1.65. The summed E-state index contributed by atoms with van der Waals surface area (Å²) >= 11 is 1.70. The van der Waals surface area contributed by atoms with Crippen LogP contribution in [-0.4, -0.2) is 9.97 Å². The number of benzene rings is 3. The lowest BCUT2D eigenvalue weighted by Gasteiger charge is -2.11. The van der Waals surface area contributed by atoms with E-state index in [0.29, 0.717) is 6.61 Å². The highest BCUT2D eigenvalue weighted by Gasteiger charge is 2.17. The maximum Gasteiger partial charge on any atom is 0.143 e. The normalized spacial score (nSPS) is 10.9. The van der Waals surface area contributed by atoms with Gasteiger partial charge >= 0.3 is 0 Å². The smallest absolute Gasteiger partial charge is 0.143 e. The molecule has 0 unspecified atom stereocenters. The summed E-state index contributed by atoms with van der Waals surface area (Å²) < 4.78 is 5.91. The zero-order chi connectivity index (χ0) is 21.9. The zero-order valence-electron chi connectivity index (χ0n) is 18.0. The quantitative estimate of drug-likeness (QED) is 0.303. The fraction of sp³-hybridized carbons (Fsp3) is 0.111. The molecule has 32 heavy (non-hydrogen) atoms. The van der Waals surface area contributed by atoms with Crippen molar-refractivity contribution in [2.45, 2.75) is 20.5 Å². The van der Waals surface area contributed by atoms with Crippen molar-refractivity contribution in [3.05, 3.63) is 101 Å². The summed E-state index contributed by atoms with van der Waals surface area (Å²) in [6.45, 7) is 4.80. The average Bonchev–Trinajstić information content (AvgIpc) is 3.17. The first-order valence-corrected chi connectivity index (χ1v) is 11.3. The maximum absolute atomic E-state index is 5.91. The summed E-state index contributed by atoms with van der Waals surface area (Å²) in [7, 11) is 0. The fourth-order valence-corrected chi connectivity index (χ4v) is 4.73. The van der Waals surface area contributed by atoms with Crippen LogP contribution >= 0.6 is 11.3 Å². The summed E-state index contributed by atoms with van der Waals surface area (Å²) in [6.07, 6.45) is 1.62. The van der Waals surface area contributed by atoms with E-state index in [9.17, 15) is 0 Å². The minimum atomic E-state index is 0.550. The van der Waals surface area contributed by atoms with E-state index in [1.165, 1.54) is 21.6 Å².